The minimum atomic E-state index is 0.773. The van der Waals surface area contributed by atoms with Crippen LogP contribution in [-0.2, 0) is 4.84 Å². The molecular formula is C7H9N4O. The molecule has 0 N–H and O–H groups in total. The van der Waals surface area contributed by atoms with E-state index in [1.54, 1.807) is 25.0 Å². The summed E-state index contributed by atoms with van der Waals surface area (Å²) in [7, 11) is 3.52. The molecular weight excluding hydrogens is 156 g/mol. The number of rotatable bonds is 1. The van der Waals surface area contributed by atoms with Crippen LogP contribution in [0.1, 0.15) is 0 Å². The maximum Gasteiger partial charge on any atom is 0.181 e. The second-order valence-corrected chi connectivity index (χ2v) is 2.47. The fraction of sp³-hybridized carbons (Fsp3) is 0.286. The molecule has 0 aliphatic carbocycles. The minimum Gasteiger partial charge on any atom is -0.345 e. The minimum absolute atomic E-state index is 0.773. The summed E-state index contributed by atoms with van der Waals surface area (Å²) in [6, 6.07) is 0. The molecule has 0 atom stereocenters. The molecule has 1 radical (unpaired) electrons. The Balaban J connectivity index is 2.43. The highest BCUT2D eigenvalue weighted by Crippen LogP contribution is 2.33. The fourth-order valence-corrected chi connectivity index (χ4v) is 1.14. The van der Waals surface area contributed by atoms with Gasteiger partial charge in [-0.05, 0) is 0 Å². The third-order valence-corrected chi connectivity index (χ3v) is 1.74. The predicted octanol–water partition coefficient (Wildman–Crippen LogP) is 0.413. The first kappa shape index (κ1) is 7.30. The Bertz CT molecular complexity index is 290. The van der Waals surface area contributed by atoms with Crippen LogP contribution in [0, 0.1) is 6.67 Å². The van der Waals surface area contributed by atoms with Gasteiger partial charge in [0.25, 0.3) is 0 Å². The van der Waals surface area contributed by atoms with Crippen LogP contribution in [0.2, 0.25) is 0 Å². The van der Waals surface area contributed by atoms with Gasteiger partial charge in [0.05, 0.1) is 13.3 Å². The van der Waals surface area contributed by atoms with Gasteiger partial charge < -0.3 is 4.90 Å². The number of anilines is 2. The van der Waals surface area contributed by atoms with Gasteiger partial charge in [-0.1, -0.05) is 0 Å². The molecule has 0 spiro atoms. The molecule has 0 amide bonds. The van der Waals surface area contributed by atoms with Crippen LogP contribution >= 0.6 is 0 Å². The Labute approximate surface area is 70.5 Å². The number of aromatic nitrogens is 2. The van der Waals surface area contributed by atoms with Crippen LogP contribution in [0.15, 0.2) is 12.5 Å². The van der Waals surface area contributed by atoms with E-state index in [1.807, 2.05) is 11.9 Å². The molecule has 1 aliphatic heterocycles. The van der Waals surface area contributed by atoms with Crippen molar-refractivity contribution in [3.05, 3.63) is 19.2 Å². The number of fused-ring (bicyclic) bond motifs is 1. The Kier molecular flexibility index (Phi) is 1.58. The standard InChI is InChI=1S/C7H9N4O/c1-10-5-11(12-2)7-6(10)3-8-4-9-7/h3-5H,1-2H3. The lowest BCUT2D eigenvalue weighted by Crippen LogP contribution is -2.20. The highest BCUT2D eigenvalue weighted by molar-refractivity contribution is 5.71. The first-order valence-corrected chi connectivity index (χ1v) is 3.54. The molecule has 0 saturated carbocycles. The largest absolute Gasteiger partial charge is 0.345 e. The van der Waals surface area contributed by atoms with Crippen LogP contribution < -0.4 is 9.96 Å². The van der Waals surface area contributed by atoms with E-state index < -0.39 is 0 Å². The van der Waals surface area contributed by atoms with Crippen LogP contribution in [0.25, 0.3) is 0 Å². The monoisotopic (exact) mass is 165 g/mol. The molecule has 5 heteroatoms. The van der Waals surface area contributed by atoms with E-state index in [0.29, 0.717) is 0 Å². The predicted molar refractivity (Wildman–Crippen MR) is 44.2 cm³/mol. The molecule has 1 aromatic heterocycles. The van der Waals surface area contributed by atoms with E-state index in [-0.39, 0.29) is 0 Å². The van der Waals surface area contributed by atoms with Gasteiger partial charge in [-0.3, -0.25) is 4.84 Å². The second kappa shape index (κ2) is 2.60. The summed E-state index contributed by atoms with van der Waals surface area (Å²) < 4.78 is 0. The van der Waals surface area contributed by atoms with Gasteiger partial charge in [0.15, 0.2) is 12.5 Å². The SMILES string of the molecule is CON1[CH]N(C)c2cncnc21. The number of hydrogen-bond acceptors (Lipinski definition) is 5. The fourth-order valence-electron chi connectivity index (χ4n) is 1.14. The summed E-state index contributed by atoms with van der Waals surface area (Å²) >= 11 is 0. The van der Waals surface area contributed by atoms with Gasteiger partial charge in [-0.25, -0.2) is 15.0 Å². The molecule has 2 heterocycles. The number of hydrogen-bond donors (Lipinski definition) is 0. The Morgan fingerprint density at radius 2 is 2.33 bits per heavy atom. The lowest BCUT2D eigenvalue weighted by atomic mass is 10.5. The Hall–Kier alpha value is -1.36. The molecule has 12 heavy (non-hydrogen) atoms. The van der Waals surface area contributed by atoms with Crippen molar-refractivity contribution in [2.75, 3.05) is 24.1 Å². The van der Waals surface area contributed by atoms with Gasteiger partial charge in [0.1, 0.15) is 12.0 Å². The molecule has 1 aromatic rings. The Morgan fingerprint density at radius 3 is 3.08 bits per heavy atom. The van der Waals surface area contributed by atoms with Crippen LogP contribution in [0.5, 0.6) is 0 Å². The first-order chi connectivity index (χ1) is 5.83. The van der Waals surface area contributed by atoms with Crippen molar-refractivity contribution in [1.29, 1.82) is 0 Å². The zero-order valence-electron chi connectivity index (χ0n) is 6.93. The van der Waals surface area contributed by atoms with Crippen LogP contribution in [-0.4, -0.2) is 24.1 Å². The van der Waals surface area contributed by atoms with Crippen LogP contribution in [0.3, 0.4) is 0 Å². The zero-order chi connectivity index (χ0) is 8.55. The second-order valence-electron chi connectivity index (χ2n) is 2.47. The topological polar surface area (TPSA) is 41.5 Å². The third kappa shape index (κ3) is 0.902. The third-order valence-electron chi connectivity index (χ3n) is 1.74. The molecule has 1 aliphatic rings. The lowest BCUT2D eigenvalue weighted by Gasteiger charge is -2.12. The molecule has 5 nitrogen and oxygen atoms in total. The molecule has 0 saturated heterocycles. The molecule has 0 bridgehead atoms. The van der Waals surface area contributed by atoms with Crippen molar-refractivity contribution < 1.29 is 4.84 Å². The highest BCUT2D eigenvalue weighted by Gasteiger charge is 2.25. The van der Waals surface area contributed by atoms with Crippen molar-refractivity contribution in [3.8, 4) is 0 Å². The lowest BCUT2D eigenvalue weighted by molar-refractivity contribution is 0.187. The van der Waals surface area contributed by atoms with E-state index in [9.17, 15) is 0 Å². The molecule has 2 rings (SSSR count). The summed E-state index contributed by atoms with van der Waals surface area (Å²) in [5.41, 5.74) is 0.944. The van der Waals surface area contributed by atoms with Gasteiger partial charge in [-0.15, -0.1) is 0 Å². The van der Waals surface area contributed by atoms with E-state index >= 15 is 0 Å². The van der Waals surface area contributed by atoms with Gasteiger partial charge >= 0.3 is 0 Å². The van der Waals surface area contributed by atoms with Crippen molar-refractivity contribution >= 4 is 11.5 Å². The summed E-state index contributed by atoms with van der Waals surface area (Å²) in [5.74, 6) is 0.773. The van der Waals surface area contributed by atoms with Crippen LogP contribution in [0.4, 0.5) is 11.5 Å². The number of hydroxylamine groups is 1. The van der Waals surface area contributed by atoms with Crippen molar-refractivity contribution in [1.82, 2.24) is 9.97 Å². The maximum absolute atomic E-state index is 5.05. The van der Waals surface area contributed by atoms with Crippen molar-refractivity contribution in [3.63, 3.8) is 0 Å². The van der Waals surface area contributed by atoms with Crippen molar-refractivity contribution in [2.45, 2.75) is 0 Å². The number of nitrogens with zero attached hydrogens (tertiary/aromatic N) is 4. The average molecular weight is 165 g/mol. The maximum atomic E-state index is 5.05. The molecule has 0 fully saturated rings. The quantitative estimate of drug-likeness (QED) is 0.603. The van der Waals surface area contributed by atoms with E-state index in [2.05, 4.69) is 9.97 Å². The smallest absolute Gasteiger partial charge is 0.181 e. The summed E-state index contributed by atoms with van der Waals surface area (Å²) in [6.07, 6.45) is 3.25. The highest BCUT2D eigenvalue weighted by atomic mass is 16.7. The van der Waals surface area contributed by atoms with Gasteiger partial charge in [0.2, 0.25) is 0 Å². The first-order valence-electron chi connectivity index (χ1n) is 3.54. The van der Waals surface area contributed by atoms with Crippen molar-refractivity contribution in [2.24, 2.45) is 0 Å². The normalized spacial score (nSPS) is 15.2. The summed E-state index contributed by atoms with van der Waals surface area (Å²) in [6.45, 7) is 1.80. The molecule has 63 valence electrons. The van der Waals surface area contributed by atoms with E-state index in [1.165, 1.54) is 6.33 Å². The molecule has 0 aromatic carbocycles. The Morgan fingerprint density at radius 1 is 1.50 bits per heavy atom. The molecule has 0 unspecified atom stereocenters. The summed E-state index contributed by atoms with van der Waals surface area (Å²) in [5, 5.41) is 1.59. The van der Waals surface area contributed by atoms with E-state index in [4.69, 9.17) is 4.84 Å². The van der Waals surface area contributed by atoms with Gasteiger partial charge in [0, 0.05) is 7.05 Å². The average Bonchev–Trinajstić information content (AvgIpc) is 2.44. The summed E-state index contributed by atoms with van der Waals surface area (Å²) in [4.78, 5) is 15.0. The van der Waals surface area contributed by atoms with E-state index in [0.717, 1.165) is 11.5 Å². The van der Waals surface area contributed by atoms with Gasteiger partial charge in [-0.2, -0.15) is 0 Å². The zero-order valence-corrected chi connectivity index (χ0v) is 6.93.